The molecule has 0 spiro atoms. The summed E-state index contributed by atoms with van der Waals surface area (Å²) in [7, 11) is 1.71. The molecule has 1 aromatic carbocycles. The van der Waals surface area contributed by atoms with E-state index in [1.54, 1.807) is 48.1 Å². The molecule has 4 heterocycles. The van der Waals surface area contributed by atoms with Crippen molar-refractivity contribution in [1.29, 1.82) is 5.26 Å². The zero-order valence-corrected chi connectivity index (χ0v) is 20.5. The summed E-state index contributed by atoms with van der Waals surface area (Å²) in [6, 6.07) is 19.5. The predicted molar refractivity (Wildman–Crippen MR) is 137 cm³/mol. The van der Waals surface area contributed by atoms with Crippen molar-refractivity contribution in [3.8, 4) is 6.07 Å². The minimum Gasteiger partial charge on any atom is -0.364 e. The second kappa shape index (κ2) is 9.51. The van der Waals surface area contributed by atoms with Crippen LogP contribution in [0.5, 0.6) is 0 Å². The maximum Gasteiger partial charge on any atom is 0.252 e. The van der Waals surface area contributed by atoms with Gasteiger partial charge in [-0.05, 0) is 55.8 Å². The van der Waals surface area contributed by atoms with Crippen LogP contribution in [-0.4, -0.2) is 44.6 Å². The smallest absolute Gasteiger partial charge is 0.252 e. The number of hydrogen-bond acceptors (Lipinski definition) is 6. The average molecular weight is 483 g/mol. The molecule has 1 unspecified atom stereocenters. The summed E-state index contributed by atoms with van der Waals surface area (Å²) in [4.78, 5) is 26.5. The molecular weight excluding hydrogens is 455 g/mol. The summed E-state index contributed by atoms with van der Waals surface area (Å²) in [5, 5.41) is 9.41. The van der Waals surface area contributed by atoms with E-state index in [0.29, 0.717) is 29.8 Å². The van der Waals surface area contributed by atoms with E-state index in [9.17, 15) is 14.4 Å². The van der Waals surface area contributed by atoms with E-state index in [0.717, 1.165) is 16.9 Å². The first-order valence-corrected chi connectivity index (χ1v) is 12.0. The van der Waals surface area contributed by atoms with E-state index >= 15 is 0 Å². The van der Waals surface area contributed by atoms with Crippen LogP contribution in [0.4, 0.5) is 10.1 Å². The Balaban J connectivity index is 1.56. The minimum absolute atomic E-state index is 0.0174. The van der Waals surface area contributed by atoms with Crippen LogP contribution in [0.25, 0.3) is 11.0 Å². The second-order valence-corrected chi connectivity index (χ2v) is 9.36. The van der Waals surface area contributed by atoms with E-state index in [2.05, 4.69) is 39.7 Å². The Morgan fingerprint density at radius 1 is 1.06 bits per heavy atom. The molecule has 0 saturated carbocycles. The normalized spacial score (nSPS) is 19.2. The van der Waals surface area contributed by atoms with Crippen LogP contribution < -0.4 is 10.5 Å². The van der Waals surface area contributed by atoms with Crippen LogP contribution in [0, 0.1) is 17.1 Å². The quantitative estimate of drug-likeness (QED) is 0.437. The number of nitriles is 1. The maximum atomic E-state index is 14.2. The van der Waals surface area contributed by atoms with Gasteiger partial charge in [-0.25, -0.2) is 9.37 Å². The van der Waals surface area contributed by atoms with Gasteiger partial charge < -0.3 is 9.47 Å². The van der Waals surface area contributed by atoms with Gasteiger partial charge in [-0.15, -0.1) is 0 Å². The third-order valence-corrected chi connectivity index (χ3v) is 6.99. The summed E-state index contributed by atoms with van der Waals surface area (Å²) < 4.78 is 15.8. The van der Waals surface area contributed by atoms with Crippen molar-refractivity contribution in [3.05, 3.63) is 100.0 Å². The Morgan fingerprint density at radius 3 is 2.61 bits per heavy atom. The van der Waals surface area contributed by atoms with Crippen molar-refractivity contribution in [2.24, 2.45) is 7.05 Å². The molecule has 0 bridgehead atoms. The molecule has 0 radical (unpaired) electrons. The number of aryl methyl sites for hydroxylation is 1. The van der Waals surface area contributed by atoms with Gasteiger partial charge in [-0.2, -0.15) is 5.26 Å². The second-order valence-electron chi connectivity index (χ2n) is 9.36. The molecule has 182 valence electrons. The van der Waals surface area contributed by atoms with Crippen molar-refractivity contribution >= 4 is 16.7 Å². The summed E-state index contributed by atoms with van der Waals surface area (Å²) >= 11 is 0. The van der Waals surface area contributed by atoms with Gasteiger partial charge in [0.05, 0.1) is 22.9 Å². The molecule has 0 amide bonds. The zero-order chi connectivity index (χ0) is 25.4. The number of piperazine rings is 1. The van der Waals surface area contributed by atoms with Crippen LogP contribution >= 0.6 is 0 Å². The molecule has 7 nitrogen and oxygen atoms in total. The molecule has 5 rings (SSSR count). The molecule has 1 saturated heterocycles. The van der Waals surface area contributed by atoms with Crippen LogP contribution in [0.3, 0.4) is 0 Å². The highest BCUT2D eigenvalue weighted by atomic mass is 19.1. The molecule has 0 aliphatic carbocycles. The Bertz CT molecular complexity index is 1510. The summed E-state index contributed by atoms with van der Waals surface area (Å²) in [6.45, 7) is 5.52. The van der Waals surface area contributed by atoms with Gasteiger partial charge in [-0.3, -0.25) is 14.7 Å². The Hall–Kier alpha value is -4.09. The lowest BCUT2D eigenvalue weighted by atomic mass is 9.96. The molecule has 1 aliphatic heterocycles. The summed E-state index contributed by atoms with van der Waals surface area (Å²) in [6.07, 6.45) is 1.76. The standard InChI is InChI=1S/C28H27FN6O/c1-18-17-35(28(23-9-4-5-12-31-23)20-7-6-8-21(29)13-20)19(2)16-34(18)25-14-26(36)33(3)24-11-10-22(15-30)32-27(24)25/h4-14,18-19,28H,16-17H2,1-3H3/t18-,19+,28?/m0/s1. The highest BCUT2D eigenvalue weighted by Crippen LogP contribution is 2.35. The van der Waals surface area contributed by atoms with Crippen LogP contribution in [0.15, 0.2) is 71.7 Å². The molecule has 1 aliphatic rings. The number of anilines is 1. The van der Waals surface area contributed by atoms with Crippen LogP contribution in [0.2, 0.25) is 0 Å². The van der Waals surface area contributed by atoms with Crippen molar-refractivity contribution in [1.82, 2.24) is 19.4 Å². The first-order valence-electron chi connectivity index (χ1n) is 12.0. The number of halogens is 1. The number of benzene rings is 1. The van der Waals surface area contributed by atoms with Crippen molar-refractivity contribution in [3.63, 3.8) is 0 Å². The van der Waals surface area contributed by atoms with E-state index < -0.39 is 0 Å². The Morgan fingerprint density at radius 2 is 1.89 bits per heavy atom. The molecule has 0 N–H and O–H groups in total. The lowest BCUT2D eigenvalue weighted by Gasteiger charge is -2.48. The fourth-order valence-electron chi connectivity index (χ4n) is 5.19. The lowest BCUT2D eigenvalue weighted by Crippen LogP contribution is -2.57. The fourth-order valence-corrected chi connectivity index (χ4v) is 5.19. The first-order chi connectivity index (χ1) is 17.4. The van der Waals surface area contributed by atoms with Crippen LogP contribution in [-0.2, 0) is 7.05 Å². The first kappa shape index (κ1) is 23.6. The molecule has 4 aromatic rings. The lowest BCUT2D eigenvalue weighted by molar-refractivity contribution is 0.127. The largest absolute Gasteiger partial charge is 0.364 e. The van der Waals surface area contributed by atoms with E-state index in [-0.39, 0.29) is 29.5 Å². The monoisotopic (exact) mass is 482 g/mol. The molecular formula is C28H27FN6O. The SMILES string of the molecule is C[C@@H]1CN(c2cc(=O)n(C)c3ccc(C#N)nc23)[C@@H](C)CN1C(c1cccc(F)c1)c1ccccn1. The van der Waals surface area contributed by atoms with Crippen molar-refractivity contribution in [2.45, 2.75) is 32.0 Å². The average Bonchev–Trinajstić information content (AvgIpc) is 2.88. The molecule has 1 fully saturated rings. The molecule has 3 atom stereocenters. The van der Waals surface area contributed by atoms with Gasteiger partial charge in [0.25, 0.3) is 5.56 Å². The Labute approximate surface area is 209 Å². The van der Waals surface area contributed by atoms with Gasteiger partial charge in [-0.1, -0.05) is 18.2 Å². The molecule has 3 aromatic heterocycles. The number of hydrogen-bond donors (Lipinski definition) is 0. The molecule has 36 heavy (non-hydrogen) atoms. The van der Waals surface area contributed by atoms with Crippen molar-refractivity contribution < 1.29 is 4.39 Å². The number of aromatic nitrogens is 3. The van der Waals surface area contributed by atoms with E-state index in [1.807, 2.05) is 24.3 Å². The number of nitrogens with zero attached hydrogens (tertiary/aromatic N) is 6. The van der Waals surface area contributed by atoms with Gasteiger partial charge >= 0.3 is 0 Å². The summed E-state index contributed by atoms with van der Waals surface area (Å²) in [5.41, 5.74) is 3.93. The summed E-state index contributed by atoms with van der Waals surface area (Å²) in [5.74, 6) is -0.279. The number of fused-ring (bicyclic) bond motifs is 1. The minimum atomic E-state index is -0.279. The predicted octanol–water partition coefficient (Wildman–Crippen LogP) is 4.03. The van der Waals surface area contributed by atoms with Crippen molar-refractivity contribution in [2.75, 3.05) is 18.0 Å². The van der Waals surface area contributed by atoms with Gasteiger partial charge in [0.15, 0.2) is 0 Å². The highest BCUT2D eigenvalue weighted by molar-refractivity contribution is 5.89. The van der Waals surface area contributed by atoms with Crippen LogP contribution in [0.1, 0.15) is 36.8 Å². The number of pyridine rings is 3. The number of rotatable bonds is 4. The van der Waals surface area contributed by atoms with E-state index in [1.165, 1.54) is 6.07 Å². The third kappa shape index (κ3) is 4.23. The van der Waals surface area contributed by atoms with Gasteiger partial charge in [0.1, 0.15) is 23.1 Å². The highest BCUT2D eigenvalue weighted by Gasteiger charge is 2.36. The van der Waals surface area contributed by atoms with Gasteiger partial charge in [0, 0.05) is 44.5 Å². The van der Waals surface area contributed by atoms with E-state index in [4.69, 9.17) is 0 Å². The third-order valence-electron chi connectivity index (χ3n) is 6.99. The molecule has 8 heteroatoms. The fraction of sp³-hybridized carbons (Fsp3) is 0.286. The zero-order valence-electron chi connectivity index (χ0n) is 20.5. The Kier molecular flexibility index (Phi) is 6.25. The maximum absolute atomic E-state index is 14.2. The van der Waals surface area contributed by atoms with Gasteiger partial charge in [0.2, 0.25) is 0 Å². The topological polar surface area (TPSA) is 78.0 Å².